The van der Waals surface area contributed by atoms with Gasteiger partial charge in [0.15, 0.2) is 8.32 Å². The summed E-state index contributed by atoms with van der Waals surface area (Å²) in [6.07, 6.45) is 5.20. The van der Waals surface area contributed by atoms with Crippen LogP contribution >= 0.6 is 0 Å². The van der Waals surface area contributed by atoms with Crippen molar-refractivity contribution in [1.82, 2.24) is 0 Å². The van der Waals surface area contributed by atoms with E-state index in [1.54, 1.807) is 0 Å². The number of rotatable bonds is 8. The second-order valence-electron chi connectivity index (χ2n) is 3.35. The lowest BCUT2D eigenvalue weighted by atomic mass is 10.6. The van der Waals surface area contributed by atoms with Gasteiger partial charge < -0.3 is 4.43 Å². The molecule has 13 heavy (non-hydrogen) atoms. The summed E-state index contributed by atoms with van der Waals surface area (Å²) in [5, 5.41) is 0. The van der Waals surface area contributed by atoms with Gasteiger partial charge in [-0.1, -0.05) is 25.5 Å². The molecule has 0 rings (SSSR count). The van der Waals surface area contributed by atoms with Crippen LogP contribution in [0.4, 0.5) is 0 Å². The fourth-order valence-corrected chi connectivity index (χ4v) is 5.30. The molecule has 0 aromatic heterocycles. The molecular weight excluding hydrogens is 176 g/mol. The molecular formula is C11H22OSi. The molecule has 0 N–H and O–H groups in total. The molecule has 0 spiro atoms. The van der Waals surface area contributed by atoms with Crippen LogP contribution in [0.5, 0.6) is 0 Å². The minimum absolute atomic E-state index is 0.827. The van der Waals surface area contributed by atoms with Crippen LogP contribution in [0.3, 0.4) is 0 Å². The van der Waals surface area contributed by atoms with E-state index in [4.69, 9.17) is 4.43 Å². The van der Waals surface area contributed by atoms with E-state index in [2.05, 4.69) is 27.0 Å². The fraction of sp³-hybridized carbons (Fsp3) is 0.636. The summed E-state index contributed by atoms with van der Waals surface area (Å²) in [6.45, 7) is 12.7. The standard InChI is InChI=1S/C11H22OSi/c1-5-9-13(10-6-2,11-7-3)12-8-4/h5-6H,1-2,7-11H2,3-4H3. The largest absolute Gasteiger partial charge is 0.416 e. The maximum Gasteiger partial charge on any atom is 0.200 e. The molecule has 76 valence electrons. The quantitative estimate of drug-likeness (QED) is 0.426. The molecule has 0 radical (unpaired) electrons. The van der Waals surface area contributed by atoms with Gasteiger partial charge in [0, 0.05) is 6.61 Å². The van der Waals surface area contributed by atoms with E-state index >= 15 is 0 Å². The third-order valence-corrected chi connectivity index (χ3v) is 6.57. The molecule has 0 aromatic rings. The molecule has 0 heterocycles. The molecule has 0 fully saturated rings. The molecule has 0 saturated heterocycles. The second-order valence-corrected chi connectivity index (χ2v) is 7.32. The Balaban J connectivity index is 4.35. The topological polar surface area (TPSA) is 9.23 Å². The van der Waals surface area contributed by atoms with Gasteiger partial charge in [0.05, 0.1) is 0 Å². The summed E-state index contributed by atoms with van der Waals surface area (Å²) in [7, 11) is -1.53. The van der Waals surface area contributed by atoms with E-state index in [-0.39, 0.29) is 0 Å². The molecule has 0 atom stereocenters. The van der Waals surface area contributed by atoms with Gasteiger partial charge in [-0.2, -0.15) is 0 Å². The van der Waals surface area contributed by atoms with Crippen LogP contribution < -0.4 is 0 Å². The Bertz CT molecular complexity index is 136. The summed E-state index contributed by atoms with van der Waals surface area (Å²) in [5.41, 5.74) is 0. The van der Waals surface area contributed by atoms with Crippen LogP contribution in [-0.4, -0.2) is 14.9 Å². The normalized spacial score (nSPS) is 11.2. The maximum absolute atomic E-state index is 5.95. The third-order valence-electron chi connectivity index (χ3n) is 2.19. The second kappa shape index (κ2) is 7.10. The lowest BCUT2D eigenvalue weighted by molar-refractivity contribution is 0.322. The molecule has 0 bridgehead atoms. The summed E-state index contributed by atoms with van der Waals surface area (Å²) in [6, 6.07) is 3.33. The zero-order valence-corrected chi connectivity index (χ0v) is 10.0. The van der Waals surface area contributed by atoms with Gasteiger partial charge in [-0.25, -0.2) is 0 Å². The van der Waals surface area contributed by atoms with E-state index in [0.717, 1.165) is 18.7 Å². The van der Waals surface area contributed by atoms with Crippen LogP contribution in [0.2, 0.25) is 18.1 Å². The van der Waals surface area contributed by atoms with Gasteiger partial charge in [-0.3, -0.25) is 0 Å². The Morgan fingerprint density at radius 2 is 1.69 bits per heavy atom. The van der Waals surface area contributed by atoms with Crippen molar-refractivity contribution in [2.75, 3.05) is 6.61 Å². The number of allylic oxidation sites excluding steroid dienone is 2. The SMILES string of the molecule is C=CC[Si](CC=C)(CCC)OCC. The number of hydrogen-bond donors (Lipinski definition) is 0. The highest BCUT2D eigenvalue weighted by Crippen LogP contribution is 2.24. The third kappa shape index (κ3) is 4.43. The summed E-state index contributed by atoms with van der Waals surface area (Å²) >= 11 is 0. The van der Waals surface area contributed by atoms with Crippen LogP contribution in [0.1, 0.15) is 20.3 Å². The predicted octanol–water partition coefficient (Wildman–Crippen LogP) is 3.75. The Morgan fingerprint density at radius 1 is 1.15 bits per heavy atom. The number of hydrogen-bond acceptors (Lipinski definition) is 1. The van der Waals surface area contributed by atoms with E-state index in [1.807, 2.05) is 12.2 Å². The van der Waals surface area contributed by atoms with E-state index < -0.39 is 8.32 Å². The monoisotopic (exact) mass is 198 g/mol. The van der Waals surface area contributed by atoms with E-state index in [9.17, 15) is 0 Å². The van der Waals surface area contributed by atoms with Crippen molar-refractivity contribution in [1.29, 1.82) is 0 Å². The van der Waals surface area contributed by atoms with Gasteiger partial charge in [0.1, 0.15) is 0 Å². The summed E-state index contributed by atoms with van der Waals surface area (Å²) in [5.74, 6) is 0. The zero-order chi connectivity index (χ0) is 10.2. The van der Waals surface area contributed by atoms with Crippen LogP contribution in [0.15, 0.2) is 25.3 Å². The van der Waals surface area contributed by atoms with E-state index in [0.29, 0.717) is 0 Å². The lowest BCUT2D eigenvalue weighted by Gasteiger charge is -2.28. The molecule has 0 amide bonds. The molecule has 0 aliphatic carbocycles. The fourth-order valence-electron chi connectivity index (χ4n) is 1.77. The Hall–Kier alpha value is -0.343. The molecule has 0 saturated carbocycles. The van der Waals surface area contributed by atoms with Gasteiger partial charge in [0.25, 0.3) is 0 Å². The first-order valence-corrected chi connectivity index (χ1v) is 7.63. The van der Waals surface area contributed by atoms with Crippen molar-refractivity contribution in [2.24, 2.45) is 0 Å². The molecule has 0 aromatic carbocycles. The zero-order valence-electron chi connectivity index (χ0n) is 9.01. The van der Waals surface area contributed by atoms with Gasteiger partial charge in [0.2, 0.25) is 0 Å². The van der Waals surface area contributed by atoms with Crippen molar-refractivity contribution < 1.29 is 4.43 Å². The highest BCUT2D eigenvalue weighted by molar-refractivity contribution is 6.74. The molecule has 2 heteroatoms. The Kier molecular flexibility index (Phi) is 6.91. The van der Waals surface area contributed by atoms with Crippen molar-refractivity contribution in [2.45, 2.75) is 38.4 Å². The molecule has 0 unspecified atom stereocenters. The summed E-state index contributed by atoms with van der Waals surface area (Å²) in [4.78, 5) is 0. The van der Waals surface area contributed by atoms with Gasteiger partial charge >= 0.3 is 0 Å². The van der Waals surface area contributed by atoms with Gasteiger partial charge in [-0.05, 0) is 25.1 Å². The van der Waals surface area contributed by atoms with Crippen LogP contribution in [0, 0.1) is 0 Å². The smallest absolute Gasteiger partial charge is 0.200 e. The highest BCUT2D eigenvalue weighted by Gasteiger charge is 2.30. The molecule has 0 aliphatic rings. The van der Waals surface area contributed by atoms with Crippen LogP contribution in [0.25, 0.3) is 0 Å². The highest BCUT2D eigenvalue weighted by atomic mass is 28.4. The van der Waals surface area contributed by atoms with Crippen LogP contribution in [-0.2, 0) is 4.43 Å². The minimum atomic E-state index is -1.53. The molecule has 0 aliphatic heterocycles. The van der Waals surface area contributed by atoms with Gasteiger partial charge in [-0.15, -0.1) is 13.2 Å². The van der Waals surface area contributed by atoms with Crippen molar-refractivity contribution in [3.8, 4) is 0 Å². The minimum Gasteiger partial charge on any atom is -0.416 e. The average Bonchev–Trinajstić information content (AvgIpc) is 2.06. The summed E-state index contributed by atoms with van der Waals surface area (Å²) < 4.78 is 5.95. The Labute approximate surface area is 83.6 Å². The molecule has 1 nitrogen and oxygen atoms in total. The average molecular weight is 198 g/mol. The van der Waals surface area contributed by atoms with Crippen molar-refractivity contribution in [3.05, 3.63) is 25.3 Å². The lowest BCUT2D eigenvalue weighted by Crippen LogP contribution is -2.36. The van der Waals surface area contributed by atoms with Crippen molar-refractivity contribution >= 4 is 8.32 Å². The van der Waals surface area contributed by atoms with Crippen molar-refractivity contribution in [3.63, 3.8) is 0 Å². The Morgan fingerprint density at radius 3 is 2.00 bits per heavy atom. The maximum atomic E-state index is 5.95. The first kappa shape index (κ1) is 12.7. The van der Waals surface area contributed by atoms with E-state index in [1.165, 1.54) is 12.5 Å². The predicted molar refractivity (Wildman–Crippen MR) is 62.5 cm³/mol. The first-order chi connectivity index (χ1) is 6.24. The first-order valence-electron chi connectivity index (χ1n) is 5.10.